The van der Waals surface area contributed by atoms with E-state index in [1.807, 2.05) is 45.3 Å². The molecule has 100 heavy (non-hydrogen) atoms. The topological polar surface area (TPSA) is 13.0 Å². The molecule has 15 aromatic carbocycles. The van der Waals surface area contributed by atoms with E-state index in [1.54, 1.807) is 0 Å². The summed E-state index contributed by atoms with van der Waals surface area (Å²) >= 11 is 7.46. The van der Waals surface area contributed by atoms with Gasteiger partial charge in [0.15, 0.2) is 0 Å². The molecule has 0 fully saturated rings. The molecular formula is C92H64N4S4. The summed E-state index contributed by atoms with van der Waals surface area (Å²) < 4.78 is 10.4. The number of rotatable bonds is 13. The maximum absolute atomic E-state index is 2.40. The first kappa shape index (κ1) is 60.8. The predicted octanol–water partition coefficient (Wildman–Crippen LogP) is 29.0. The zero-order valence-corrected chi connectivity index (χ0v) is 58.2. The second-order valence-electron chi connectivity index (χ2n) is 25.4. The highest BCUT2D eigenvalue weighted by molar-refractivity contribution is 7.27. The Hall–Kier alpha value is -11.6. The van der Waals surface area contributed by atoms with Crippen LogP contribution in [0, 0.1) is 13.8 Å². The molecule has 4 aromatic heterocycles. The largest absolute Gasteiger partial charge is 0.310 e. The van der Waals surface area contributed by atoms with Crippen LogP contribution in [0.3, 0.4) is 0 Å². The van der Waals surface area contributed by atoms with Gasteiger partial charge in [0.25, 0.3) is 0 Å². The molecule has 0 aliphatic carbocycles. The highest BCUT2D eigenvalue weighted by Gasteiger charge is 2.22. The highest BCUT2D eigenvalue weighted by Crippen LogP contribution is 2.49. The van der Waals surface area contributed by atoms with Crippen molar-refractivity contribution in [1.82, 2.24) is 0 Å². The van der Waals surface area contributed by atoms with Gasteiger partial charge in [0.05, 0.1) is 0 Å². The molecule has 19 aromatic rings. The Morgan fingerprint density at radius 1 is 0.180 bits per heavy atom. The van der Waals surface area contributed by atoms with Crippen LogP contribution in [-0.4, -0.2) is 0 Å². The Morgan fingerprint density at radius 3 is 0.870 bits per heavy atom. The van der Waals surface area contributed by atoms with Crippen molar-refractivity contribution in [3.8, 4) is 11.1 Å². The molecule has 0 aliphatic rings. The SMILES string of the molecule is Cc1ccc2c(c1)sc1ccc(N(c3ccccc3)c3ccc4c(c3)sc3ccc(N(c5ccccc5)c5ccccc5)cc34)cc12.Cc1cccc(-c2cccc3sc4ccc(N(c5ccccc5)c5ccc6c(c5)sc5ccc(N(c7ccccc7)c7ccccc7)cc56)cc4c23)c1. The van der Waals surface area contributed by atoms with Crippen LogP contribution in [0.1, 0.15) is 11.1 Å². The van der Waals surface area contributed by atoms with Crippen molar-refractivity contribution in [2.75, 3.05) is 19.6 Å². The van der Waals surface area contributed by atoms with Crippen LogP contribution in [0.2, 0.25) is 0 Å². The molecule has 0 saturated carbocycles. The van der Waals surface area contributed by atoms with Crippen LogP contribution in [0.25, 0.3) is 91.8 Å². The molecule has 4 heterocycles. The quantitative estimate of drug-likeness (QED) is 0.114. The van der Waals surface area contributed by atoms with Crippen LogP contribution in [0.5, 0.6) is 0 Å². The molecular weight excluding hydrogens is 1290 g/mol. The van der Waals surface area contributed by atoms with E-state index in [4.69, 9.17) is 0 Å². The van der Waals surface area contributed by atoms with Gasteiger partial charge >= 0.3 is 0 Å². The van der Waals surface area contributed by atoms with Crippen molar-refractivity contribution in [2.24, 2.45) is 0 Å². The molecule has 0 spiro atoms. The lowest BCUT2D eigenvalue weighted by Gasteiger charge is -2.26. The van der Waals surface area contributed by atoms with E-state index in [1.165, 1.54) is 103 Å². The van der Waals surface area contributed by atoms with Gasteiger partial charge < -0.3 is 19.6 Å². The lowest BCUT2D eigenvalue weighted by molar-refractivity contribution is 1.29. The van der Waals surface area contributed by atoms with Gasteiger partial charge in [-0.3, -0.25) is 0 Å². The molecule has 0 N–H and O–H groups in total. The van der Waals surface area contributed by atoms with Gasteiger partial charge in [-0.25, -0.2) is 0 Å². The first-order chi connectivity index (χ1) is 49.4. The molecule has 0 unspecified atom stereocenters. The van der Waals surface area contributed by atoms with Crippen molar-refractivity contribution in [3.63, 3.8) is 0 Å². The van der Waals surface area contributed by atoms with Gasteiger partial charge in [-0.15, -0.1) is 45.3 Å². The van der Waals surface area contributed by atoms with E-state index in [2.05, 4.69) is 385 Å². The smallest absolute Gasteiger partial charge is 0.0476 e. The van der Waals surface area contributed by atoms with Crippen LogP contribution in [0.15, 0.2) is 352 Å². The zero-order chi connectivity index (χ0) is 66.6. The summed E-state index contributed by atoms with van der Waals surface area (Å²) in [6.45, 7) is 4.33. The standard InChI is InChI=1S/C49H34N2S2.C43H30N2S2/c1-33-13-11-14-34(29-33)41-21-12-22-47-49(41)44-31-39(25-28-46(44)52-47)51(37-19-9-4-10-20-37)40-23-26-42-43-30-38(24-27-45(43)53-48(42)32-40)50(35-15-5-2-6-16-35)36-17-7-3-8-18-36;1-29-17-21-36-38-27-34(20-24-40(38)46-42(36)25-29)45(32-15-9-4-10-16-32)35-18-22-37-39-26-33(19-23-41(39)47-43(37)28-35)44(30-11-5-2-6-12-30)31-13-7-3-8-14-31/h2-32H,1H3;2-28H,1H3. The predicted molar refractivity (Wildman–Crippen MR) is 438 cm³/mol. The van der Waals surface area contributed by atoms with Crippen LogP contribution < -0.4 is 19.6 Å². The fourth-order valence-corrected chi connectivity index (χ4v) is 18.9. The molecule has 19 rings (SSSR count). The van der Waals surface area contributed by atoms with Gasteiger partial charge in [-0.1, -0.05) is 175 Å². The molecule has 0 radical (unpaired) electrons. The number of benzene rings is 15. The number of fused-ring (bicyclic) bond motifs is 12. The second kappa shape index (κ2) is 26.0. The highest BCUT2D eigenvalue weighted by atomic mass is 32.1. The minimum atomic E-state index is 1.13. The van der Waals surface area contributed by atoms with E-state index in [0.717, 1.165) is 68.2 Å². The van der Waals surface area contributed by atoms with Gasteiger partial charge in [-0.05, 0) is 213 Å². The maximum atomic E-state index is 2.40. The third-order valence-corrected chi connectivity index (χ3v) is 23.5. The van der Waals surface area contributed by atoms with Crippen molar-refractivity contribution >= 4 is 194 Å². The third kappa shape index (κ3) is 11.4. The van der Waals surface area contributed by atoms with Crippen molar-refractivity contribution < 1.29 is 0 Å². The fraction of sp³-hybridized carbons (Fsp3) is 0.0217. The van der Waals surface area contributed by atoms with Crippen LogP contribution in [-0.2, 0) is 0 Å². The number of hydrogen-bond acceptors (Lipinski definition) is 8. The number of hydrogen-bond donors (Lipinski definition) is 0. The Kier molecular flexibility index (Phi) is 15.8. The first-order valence-electron chi connectivity index (χ1n) is 33.8. The lowest BCUT2D eigenvalue weighted by Crippen LogP contribution is -2.09. The molecule has 476 valence electrons. The summed E-state index contributed by atoms with van der Waals surface area (Å²) in [5.41, 5.74) is 18.8. The number of thiophene rings is 4. The van der Waals surface area contributed by atoms with E-state index in [0.29, 0.717) is 0 Å². The summed E-state index contributed by atoms with van der Waals surface area (Å²) in [7, 11) is 0. The average Bonchev–Trinajstić information content (AvgIpc) is 1.62. The molecule has 4 nitrogen and oxygen atoms in total. The number of aryl methyl sites for hydroxylation is 2. The molecule has 0 aliphatic heterocycles. The molecule has 0 bridgehead atoms. The van der Waals surface area contributed by atoms with Crippen molar-refractivity contribution in [1.29, 1.82) is 0 Å². The summed E-state index contributed by atoms with van der Waals surface area (Å²) in [6, 6.07) is 128. The van der Waals surface area contributed by atoms with E-state index < -0.39 is 0 Å². The van der Waals surface area contributed by atoms with E-state index in [9.17, 15) is 0 Å². The first-order valence-corrected chi connectivity index (χ1v) is 37.0. The van der Waals surface area contributed by atoms with Gasteiger partial charge in [0, 0.05) is 149 Å². The summed E-state index contributed by atoms with van der Waals surface area (Å²) in [5.74, 6) is 0. The van der Waals surface area contributed by atoms with Crippen LogP contribution >= 0.6 is 45.3 Å². The minimum Gasteiger partial charge on any atom is -0.310 e. The molecule has 0 atom stereocenters. The molecule has 0 amide bonds. The summed E-state index contributed by atoms with van der Waals surface area (Å²) in [5, 5.41) is 10.3. The Balaban J connectivity index is 0.000000145. The summed E-state index contributed by atoms with van der Waals surface area (Å²) in [4.78, 5) is 9.46. The van der Waals surface area contributed by atoms with Gasteiger partial charge in [0.2, 0.25) is 0 Å². The van der Waals surface area contributed by atoms with Gasteiger partial charge in [-0.2, -0.15) is 0 Å². The number of para-hydroxylation sites is 6. The molecule has 0 saturated heterocycles. The zero-order valence-electron chi connectivity index (χ0n) is 54.9. The third-order valence-electron chi connectivity index (χ3n) is 18.9. The monoisotopic (exact) mass is 1350 g/mol. The average molecular weight is 1350 g/mol. The Morgan fingerprint density at radius 2 is 0.480 bits per heavy atom. The van der Waals surface area contributed by atoms with E-state index >= 15 is 0 Å². The minimum absolute atomic E-state index is 1.13. The van der Waals surface area contributed by atoms with Crippen molar-refractivity contribution in [3.05, 3.63) is 363 Å². The molecule has 8 heteroatoms. The normalized spacial score (nSPS) is 11.5. The van der Waals surface area contributed by atoms with Gasteiger partial charge in [0.1, 0.15) is 0 Å². The van der Waals surface area contributed by atoms with E-state index in [-0.39, 0.29) is 0 Å². The second-order valence-corrected chi connectivity index (χ2v) is 29.7. The number of anilines is 12. The van der Waals surface area contributed by atoms with Crippen LogP contribution in [0.4, 0.5) is 68.2 Å². The summed E-state index contributed by atoms with van der Waals surface area (Å²) in [6.07, 6.45) is 0. The Bertz CT molecular complexity index is 6130. The lowest BCUT2D eigenvalue weighted by atomic mass is 9.98. The fourth-order valence-electron chi connectivity index (χ4n) is 14.3. The maximum Gasteiger partial charge on any atom is 0.0476 e. The van der Waals surface area contributed by atoms with Crippen molar-refractivity contribution in [2.45, 2.75) is 13.8 Å². The Labute approximate surface area is 597 Å². The number of nitrogens with zero attached hydrogens (tertiary/aromatic N) is 4.